The summed E-state index contributed by atoms with van der Waals surface area (Å²) in [7, 11) is 3.46. The lowest BCUT2D eigenvalue weighted by atomic mass is 10.1. The van der Waals surface area contributed by atoms with Crippen LogP contribution in [-0.4, -0.2) is 37.5 Å². The van der Waals surface area contributed by atoms with Crippen molar-refractivity contribution in [3.8, 4) is 0 Å². The summed E-state index contributed by atoms with van der Waals surface area (Å²) >= 11 is 7.01. The molecule has 0 rings (SSSR count). The van der Waals surface area contributed by atoms with E-state index in [2.05, 4.69) is 56.2 Å². The van der Waals surface area contributed by atoms with Crippen LogP contribution in [0.2, 0.25) is 0 Å². The first-order valence-electron chi connectivity index (χ1n) is 16.4. The third-order valence-electron chi connectivity index (χ3n) is 7.31. The molecule has 0 heterocycles. The number of allylic oxidation sites excluding steroid dienone is 4. The van der Waals surface area contributed by atoms with Gasteiger partial charge < -0.3 is 14.2 Å². The van der Waals surface area contributed by atoms with Crippen molar-refractivity contribution in [3.05, 3.63) is 24.3 Å². The fourth-order valence-electron chi connectivity index (χ4n) is 4.78. The highest BCUT2D eigenvalue weighted by Gasteiger charge is 2.14. The highest BCUT2D eigenvalue weighted by atomic mass is 79.9. The van der Waals surface area contributed by atoms with Crippen LogP contribution in [0.5, 0.6) is 0 Å². The fraction of sp³-hybridized carbons (Fsp3) is 0.882. The molecular formula is C34H64Br2O3. The van der Waals surface area contributed by atoms with E-state index in [0.29, 0.717) is 0 Å². The fourth-order valence-corrected chi connectivity index (χ4v) is 5.57. The van der Waals surface area contributed by atoms with Crippen LogP contribution in [0.4, 0.5) is 0 Å². The summed E-state index contributed by atoms with van der Waals surface area (Å²) < 4.78 is 17.2. The molecule has 0 radical (unpaired) electrons. The van der Waals surface area contributed by atoms with E-state index in [1.165, 1.54) is 128 Å². The van der Waals surface area contributed by atoms with Crippen molar-refractivity contribution in [2.75, 3.05) is 24.9 Å². The highest BCUT2D eigenvalue weighted by Crippen LogP contribution is 2.15. The first kappa shape index (κ1) is 39.3. The molecule has 0 spiro atoms. The molecule has 0 bridgehead atoms. The normalized spacial score (nSPS) is 13.6. The quantitative estimate of drug-likeness (QED) is 0.0306. The van der Waals surface area contributed by atoms with Crippen LogP contribution in [0.25, 0.3) is 0 Å². The third-order valence-corrected chi connectivity index (χ3v) is 8.43. The van der Waals surface area contributed by atoms with Crippen LogP contribution in [0, 0.1) is 0 Å². The number of hydrogen-bond acceptors (Lipinski definition) is 3. The molecule has 0 aliphatic rings. The minimum absolute atomic E-state index is 0.206. The van der Waals surface area contributed by atoms with Crippen LogP contribution >= 0.6 is 31.9 Å². The SMILES string of the molecule is COC(CCC=CCCCCCCCCCCCBr)OC(CCC=CCCCCCCCCCCCBr)OC. The predicted molar refractivity (Wildman–Crippen MR) is 179 cm³/mol. The van der Waals surface area contributed by atoms with E-state index in [0.717, 1.165) is 36.3 Å². The number of methoxy groups -OCH3 is 2. The van der Waals surface area contributed by atoms with Crippen molar-refractivity contribution in [2.45, 2.75) is 167 Å². The smallest absolute Gasteiger partial charge is 0.160 e. The summed E-state index contributed by atoms with van der Waals surface area (Å²) in [6.07, 6.45) is 39.7. The second-order valence-corrected chi connectivity index (χ2v) is 12.5. The van der Waals surface area contributed by atoms with Gasteiger partial charge in [0.15, 0.2) is 12.6 Å². The molecule has 0 fully saturated rings. The van der Waals surface area contributed by atoms with E-state index in [9.17, 15) is 0 Å². The Balaban J connectivity index is 3.66. The van der Waals surface area contributed by atoms with Gasteiger partial charge in [0.2, 0.25) is 0 Å². The summed E-state index contributed by atoms with van der Waals surface area (Å²) in [6, 6.07) is 0. The van der Waals surface area contributed by atoms with Crippen LogP contribution in [0.15, 0.2) is 24.3 Å². The van der Waals surface area contributed by atoms with E-state index >= 15 is 0 Å². The standard InChI is InChI=1S/C34H64Br2O3/c1-37-33(29-25-21-17-13-9-5-3-7-11-15-19-23-27-31-35)39-34(38-2)30-26-22-18-14-10-6-4-8-12-16-20-24-28-32-36/h17-18,21-22,33-34H,3-16,19-20,23-32H2,1-2H3. The Hall–Kier alpha value is 0.320. The van der Waals surface area contributed by atoms with Gasteiger partial charge in [-0.1, -0.05) is 146 Å². The van der Waals surface area contributed by atoms with Crippen molar-refractivity contribution in [3.63, 3.8) is 0 Å². The Morgan fingerprint density at radius 2 is 0.692 bits per heavy atom. The zero-order chi connectivity index (χ0) is 28.5. The summed E-state index contributed by atoms with van der Waals surface area (Å²) in [4.78, 5) is 0. The van der Waals surface area contributed by atoms with Gasteiger partial charge in [0.05, 0.1) is 0 Å². The molecule has 0 aliphatic carbocycles. The minimum atomic E-state index is -0.206. The van der Waals surface area contributed by atoms with Crippen molar-refractivity contribution >= 4 is 31.9 Å². The molecule has 3 nitrogen and oxygen atoms in total. The van der Waals surface area contributed by atoms with Crippen LogP contribution < -0.4 is 0 Å². The average Bonchev–Trinajstić information content (AvgIpc) is 2.95. The monoisotopic (exact) mass is 678 g/mol. The first-order valence-corrected chi connectivity index (χ1v) is 18.7. The molecule has 0 aromatic heterocycles. The maximum absolute atomic E-state index is 6.06. The average molecular weight is 681 g/mol. The van der Waals surface area contributed by atoms with Gasteiger partial charge >= 0.3 is 0 Å². The molecule has 5 heteroatoms. The molecular weight excluding hydrogens is 616 g/mol. The number of rotatable bonds is 32. The number of hydrogen-bond donors (Lipinski definition) is 0. The number of halogens is 2. The Morgan fingerprint density at radius 3 is 1.00 bits per heavy atom. The van der Waals surface area contributed by atoms with E-state index in [1.54, 1.807) is 14.2 Å². The summed E-state index contributed by atoms with van der Waals surface area (Å²) in [5.74, 6) is 0. The molecule has 0 aliphatic heterocycles. The van der Waals surface area contributed by atoms with Gasteiger partial charge in [0, 0.05) is 37.7 Å². The van der Waals surface area contributed by atoms with E-state index < -0.39 is 0 Å². The maximum atomic E-state index is 6.06. The second-order valence-electron chi connectivity index (χ2n) is 10.9. The Morgan fingerprint density at radius 1 is 0.410 bits per heavy atom. The molecule has 0 N–H and O–H groups in total. The number of alkyl halides is 2. The van der Waals surface area contributed by atoms with Gasteiger partial charge in [-0.3, -0.25) is 0 Å². The molecule has 2 atom stereocenters. The molecule has 0 amide bonds. The van der Waals surface area contributed by atoms with Gasteiger partial charge in [0.25, 0.3) is 0 Å². The summed E-state index contributed by atoms with van der Waals surface area (Å²) in [5.41, 5.74) is 0. The lowest BCUT2D eigenvalue weighted by molar-refractivity contribution is -0.232. The molecule has 2 unspecified atom stereocenters. The Bertz CT molecular complexity index is 469. The number of ether oxygens (including phenoxy) is 3. The largest absolute Gasteiger partial charge is 0.356 e. The van der Waals surface area contributed by atoms with Gasteiger partial charge in [-0.25, -0.2) is 0 Å². The van der Waals surface area contributed by atoms with Gasteiger partial charge in [-0.15, -0.1) is 0 Å². The lowest BCUT2D eigenvalue weighted by Crippen LogP contribution is -2.25. The van der Waals surface area contributed by atoms with Crippen molar-refractivity contribution < 1.29 is 14.2 Å². The second kappa shape index (κ2) is 34.5. The highest BCUT2D eigenvalue weighted by molar-refractivity contribution is 9.09. The molecule has 0 saturated carbocycles. The third kappa shape index (κ3) is 31.1. The molecule has 0 aromatic carbocycles. The maximum Gasteiger partial charge on any atom is 0.160 e. The molecule has 0 aromatic rings. The zero-order valence-corrected chi connectivity index (χ0v) is 29.0. The first-order chi connectivity index (χ1) is 19.3. The van der Waals surface area contributed by atoms with E-state index in [1.807, 2.05) is 0 Å². The van der Waals surface area contributed by atoms with Crippen molar-refractivity contribution in [1.29, 1.82) is 0 Å². The van der Waals surface area contributed by atoms with Gasteiger partial charge in [-0.2, -0.15) is 0 Å². The Labute approximate surface area is 260 Å². The van der Waals surface area contributed by atoms with Crippen LogP contribution in [0.1, 0.15) is 154 Å². The van der Waals surface area contributed by atoms with Gasteiger partial charge in [-0.05, 0) is 51.4 Å². The predicted octanol–water partition coefficient (Wildman–Crippen LogP) is 12.2. The summed E-state index contributed by atoms with van der Waals surface area (Å²) in [5, 5.41) is 2.31. The van der Waals surface area contributed by atoms with Crippen LogP contribution in [-0.2, 0) is 14.2 Å². The molecule has 0 saturated heterocycles. The van der Waals surface area contributed by atoms with E-state index in [4.69, 9.17) is 14.2 Å². The topological polar surface area (TPSA) is 27.7 Å². The minimum Gasteiger partial charge on any atom is -0.356 e. The van der Waals surface area contributed by atoms with Gasteiger partial charge in [0.1, 0.15) is 0 Å². The van der Waals surface area contributed by atoms with Crippen molar-refractivity contribution in [2.24, 2.45) is 0 Å². The molecule has 39 heavy (non-hydrogen) atoms. The van der Waals surface area contributed by atoms with Crippen LogP contribution in [0.3, 0.4) is 0 Å². The molecule has 232 valence electrons. The Kier molecular flexibility index (Phi) is 34.8. The van der Waals surface area contributed by atoms with E-state index in [-0.39, 0.29) is 12.6 Å². The lowest BCUT2D eigenvalue weighted by Gasteiger charge is -2.22. The zero-order valence-electron chi connectivity index (χ0n) is 25.8. The number of unbranched alkanes of at least 4 members (excludes halogenated alkanes) is 18. The summed E-state index contributed by atoms with van der Waals surface area (Å²) in [6.45, 7) is 0. The van der Waals surface area contributed by atoms with Crippen molar-refractivity contribution in [1.82, 2.24) is 0 Å².